The van der Waals surface area contributed by atoms with Gasteiger partial charge in [-0.1, -0.05) is 6.92 Å². The maximum absolute atomic E-state index is 12.4. The molecule has 1 fully saturated rings. The van der Waals surface area contributed by atoms with Crippen molar-refractivity contribution in [1.82, 2.24) is 15.1 Å². The van der Waals surface area contributed by atoms with Gasteiger partial charge < -0.3 is 20.2 Å². The molecule has 1 aromatic rings. The largest absolute Gasteiger partial charge is 0.508 e. The minimum atomic E-state index is -0.0469. The number of benzene rings is 1. The van der Waals surface area contributed by atoms with Gasteiger partial charge in [0.2, 0.25) is 11.8 Å². The fourth-order valence-corrected chi connectivity index (χ4v) is 2.83. The molecule has 138 valence electrons. The predicted molar refractivity (Wildman–Crippen MR) is 97.7 cm³/mol. The number of carbonyl (C=O) groups excluding carboxylic acids is 2. The Balaban J connectivity index is 1.75. The fourth-order valence-electron chi connectivity index (χ4n) is 2.83. The van der Waals surface area contributed by atoms with Gasteiger partial charge >= 0.3 is 0 Å². The molecule has 7 heteroatoms. The number of nitrogens with one attached hydrogen (secondary N) is 1. The summed E-state index contributed by atoms with van der Waals surface area (Å²) in [6, 6.07) is 7.11. The molecule has 2 amide bonds. The first-order valence-corrected chi connectivity index (χ1v) is 8.76. The average molecular weight is 348 g/mol. The number of phenols is 1. The first-order chi connectivity index (χ1) is 12.0. The van der Waals surface area contributed by atoms with Crippen molar-refractivity contribution in [1.29, 1.82) is 0 Å². The molecule has 0 spiro atoms. The van der Waals surface area contributed by atoms with Crippen LogP contribution in [0.5, 0.6) is 5.75 Å². The molecule has 0 saturated carbocycles. The molecule has 0 bridgehead atoms. The minimum Gasteiger partial charge on any atom is -0.508 e. The van der Waals surface area contributed by atoms with E-state index in [0.29, 0.717) is 19.6 Å². The van der Waals surface area contributed by atoms with Crippen LogP contribution in [-0.4, -0.2) is 79.6 Å². The maximum atomic E-state index is 12.4. The van der Waals surface area contributed by atoms with E-state index < -0.39 is 0 Å². The number of rotatable bonds is 7. The Morgan fingerprint density at radius 1 is 1.12 bits per heavy atom. The second-order valence-electron chi connectivity index (χ2n) is 6.41. The van der Waals surface area contributed by atoms with Crippen molar-refractivity contribution in [3.05, 3.63) is 24.3 Å². The van der Waals surface area contributed by atoms with Crippen LogP contribution in [0.2, 0.25) is 0 Å². The van der Waals surface area contributed by atoms with Gasteiger partial charge in [-0.15, -0.1) is 0 Å². The summed E-state index contributed by atoms with van der Waals surface area (Å²) in [7, 11) is 1.79. The number of aromatic hydroxyl groups is 1. The molecular formula is C18H28N4O3. The van der Waals surface area contributed by atoms with Crippen LogP contribution in [0.1, 0.15) is 13.3 Å². The molecule has 2 rings (SSSR count). The molecule has 0 radical (unpaired) electrons. The van der Waals surface area contributed by atoms with E-state index >= 15 is 0 Å². The number of amides is 2. The fraction of sp³-hybridized carbons (Fsp3) is 0.556. The van der Waals surface area contributed by atoms with E-state index in [2.05, 4.69) is 10.2 Å². The Morgan fingerprint density at radius 3 is 2.36 bits per heavy atom. The van der Waals surface area contributed by atoms with Crippen LogP contribution in [0.15, 0.2) is 24.3 Å². The Labute approximate surface area is 149 Å². The standard InChI is InChI=1S/C18H28N4O3/c1-3-8-19-17(24)13-20(2)14-18(25)22-11-9-21(10-12-22)15-4-6-16(23)7-5-15/h4-7,23H,3,8-14H2,1-2H3,(H,19,24). The molecule has 1 aliphatic rings. The van der Waals surface area contributed by atoms with E-state index in [-0.39, 0.29) is 30.7 Å². The van der Waals surface area contributed by atoms with E-state index in [1.807, 2.05) is 24.0 Å². The number of hydrogen-bond donors (Lipinski definition) is 2. The van der Waals surface area contributed by atoms with Crippen molar-refractivity contribution in [3.8, 4) is 5.75 Å². The molecule has 7 nitrogen and oxygen atoms in total. The Hall–Kier alpha value is -2.28. The van der Waals surface area contributed by atoms with Crippen LogP contribution in [0.3, 0.4) is 0 Å². The molecule has 1 aromatic carbocycles. The molecule has 0 aromatic heterocycles. The Kier molecular flexibility index (Phi) is 7.06. The number of piperazine rings is 1. The topological polar surface area (TPSA) is 76.1 Å². The highest BCUT2D eigenvalue weighted by atomic mass is 16.3. The van der Waals surface area contributed by atoms with E-state index in [4.69, 9.17) is 0 Å². The lowest BCUT2D eigenvalue weighted by Crippen LogP contribution is -2.51. The number of hydrogen-bond acceptors (Lipinski definition) is 5. The summed E-state index contributed by atoms with van der Waals surface area (Å²) < 4.78 is 0. The van der Waals surface area contributed by atoms with Crippen molar-refractivity contribution in [3.63, 3.8) is 0 Å². The highest BCUT2D eigenvalue weighted by Crippen LogP contribution is 2.19. The summed E-state index contributed by atoms with van der Waals surface area (Å²) in [6.07, 6.45) is 0.902. The summed E-state index contributed by atoms with van der Waals surface area (Å²) in [5, 5.41) is 12.2. The van der Waals surface area contributed by atoms with E-state index in [9.17, 15) is 14.7 Å². The smallest absolute Gasteiger partial charge is 0.236 e. The molecule has 1 heterocycles. The molecule has 25 heavy (non-hydrogen) atoms. The number of carbonyl (C=O) groups is 2. The first kappa shape index (κ1) is 19.1. The maximum Gasteiger partial charge on any atom is 0.236 e. The molecule has 1 saturated heterocycles. The predicted octanol–water partition coefficient (Wildman–Crippen LogP) is 0.499. The van der Waals surface area contributed by atoms with E-state index in [1.54, 1.807) is 24.1 Å². The summed E-state index contributed by atoms with van der Waals surface area (Å²) >= 11 is 0. The van der Waals surface area contributed by atoms with Gasteiger partial charge in [-0.05, 0) is 37.7 Å². The molecular weight excluding hydrogens is 320 g/mol. The van der Waals surface area contributed by atoms with Gasteiger partial charge in [0.25, 0.3) is 0 Å². The van der Waals surface area contributed by atoms with E-state index in [1.165, 1.54) is 0 Å². The van der Waals surface area contributed by atoms with Gasteiger partial charge in [-0.3, -0.25) is 14.5 Å². The van der Waals surface area contributed by atoms with Crippen molar-refractivity contribution >= 4 is 17.5 Å². The Bertz CT molecular complexity index is 568. The number of nitrogens with zero attached hydrogens (tertiary/aromatic N) is 3. The highest BCUT2D eigenvalue weighted by molar-refractivity contribution is 5.81. The van der Waals surface area contributed by atoms with Gasteiger partial charge in [0.1, 0.15) is 5.75 Å². The van der Waals surface area contributed by atoms with E-state index in [0.717, 1.165) is 25.2 Å². The normalized spacial score (nSPS) is 14.7. The van der Waals surface area contributed by atoms with Gasteiger partial charge in [-0.25, -0.2) is 0 Å². The lowest BCUT2D eigenvalue weighted by atomic mass is 10.2. The van der Waals surface area contributed by atoms with Crippen LogP contribution >= 0.6 is 0 Å². The number of likely N-dealkylation sites (N-methyl/N-ethyl adjacent to an activating group) is 1. The quantitative estimate of drug-likeness (QED) is 0.750. The second kappa shape index (κ2) is 9.27. The van der Waals surface area contributed by atoms with Crippen LogP contribution in [0.25, 0.3) is 0 Å². The lowest BCUT2D eigenvalue weighted by Gasteiger charge is -2.36. The zero-order chi connectivity index (χ0) is 18.2. The number of anilines is 1. The van der Waals surface area contributed by atoms with Crippen LogP contribution in [0.4, 0.5) is 5.69 Å². The summed E-state index contributed by atoms with van der Waals surface area (Å²) in [4.78, 5) is 29.9. The van der Waals surface area contributed by atoms with Gasteiger partial charge in [0, 0.05) is 38.4 Å². The van der Waals surface area contributed by atoms with Crippen LogP contribution < -0.4 is 10.2 Å². The summed E-state index contributed by atoms with van der Waals surface area (Å²) in [6.45, 7) is 6.00. The van der Waals surface area contributed by atoms with Crippen molar-refractivity contribution in [2.24, 2.45) is 0 Å². The third kappa shape index (κ3) is 5.94. The summed E-state index contributed by atoms with van der Waals surface area (Å²) in [5.74, 6) is 0.258. The molecule has 0 aliphatic carbocycles. The second-order valence-corrected chi connectivity index (χ2v) is 6.41. The molecule has 0 unspecified atom stereocenters. The monoisotopic (exact) mass is 348 g/mol. The highest BCUT2D eigenvalue weighted by Gasteiger charge is 2.22. The van der Waals surface area contributed by atoms with Crippen molar-refractivity contribution < 1.29 is 14.7 Å². The third-order valence-corrected chi connectivity index (χ3v) is 4.24. The number of phenolic OH excluding ortho intramolecular Hbond substituents is 1. The zero-order valence-electron chi connectivity index (χ0n) is 15.1. The van der Waals surface area contributed by atoms with Gasteiger partial charge in [0.15, 0.2) is 0 Å². The van der Waals surface area contributed by atoms with Crippen molar-refractivity contribution in [2.75, 3.05) is 57.8 Å². The van der Waals surface area contributed by atoms with Gasteiger partial charge in [0.05, 0.1) is 13.1 Å². The van der Waals surface area contributed by atoms with Crippen molar-refractivity contribution in [2.45, 2.75) is 13.3 Å². The summed E-state index contributed by atoms with van der Waals surface area (Å²) in [5.41, 5.74) is 1.05. The molecule has 2 N–H and O–H groups in total. The van der Waals surface area contributed by atoms with Crippen LogP contribution in [-0.2, 0) is 9.59 Å². The average Bonchev–Trinajstić information content (AvgIpc) is 2.60. The molecule has 0 atom stereocenters. The minimum absolute atomic E-state index is 0.0469. The zero-order valence-corrected chi connectivity index (χ0v) is 15.1. The lowest BCUT2D eigenvalue weighted by molar-refractivity contribution is -0.133. The SMILES string of the molecule is CCCNC(=O)CN(C)CC(=O)N1CCN(c2ccc(O)cc2)CC1. The Morgan fingerprint density at radius 2 is 1.76 bits per heavy atom. The van der Waals surface area contributed by atoms with Gasteiger partial charge in [-0.2, -0.15) is 0 Å². The molecule has 1 aliphatic heterocycles. The first-order valence-electron chi connectivity index (χ1n) is 8.76. The van der Waals surface area contributed by atoms with Crippen LogP contribution in [0, 0.1) is 0 Å². The third-order valence-electron chi connectivity index (χ3n) is 4.24.